The van der Waals surface area contributed by atoms with E-state index in [0.717, 1.165) is 29.7 Å². The third kappa shape index (κ3) is 3.85. The molecule has 1 aromatic carbocycles. The molecule has 4 rings (SSSR count). The van der Waals surface area contributed by atoms with E-state index in [1.165, 1.54) is 12.3 Å². The molecule has 0 radical (unpaired) electrons. The van der Waals surface area contributed by atoms with Gasteiger partial charge in [-0.05, 0) is 25.8 Å². The molecule has 1 saturated carbocycles. The van der Waals surface area contributed by atoms with Gasteiger partial charge >= 0.3 is 0 Å². The van der Waals surface area contributed by atoms with Gasteiger partial charge in [-0.1, -0.05) is 30.3 Å². The van der Waals surface area contributed by atoms with Crippen LogP contribution in [0.4, 0.5) is 10.1 Å². The standard InChI is InChI=1S/C22H23FN4O2/c1-3-27-13-20(15(2)26-27)29-14-22(16-7-5-4-6-8-16)10-19(22)21(28)25-18-9-17(23)11-24-12-18/h4-9,11-13,19H,3,10,14H2,1-2H3,(H,25,28)/t19-,22+/m0/s1. The van der Waals surface area contributed by atoms with Crippen LogP contribution in [0.15, 0.2) is 55.0 Å². The van der Waals surface area contributed by atoms with Gasteiger partial charge < -0.3 is 10.1 Å². The molecular formula is C22H23FN4O2. The summed E-state index contributed by atoms with van der Waals surface area (Å²) in [4.78, 5) is 16.7. The molecule has 0 saturated heterocycles. The molecule has 0 unspecified atom stereocenters. The molecule has 2 heterocycles. The van der Waals surface area contributed by atoms with Crippen LogP contribution in [0.5, 0.6) is 5.75 Å². The minimum atomic E-state index is -0.486. The maximum absolute atomic E-state index is 13.4. The fourth-order valence-corrected chi connectivity index (χ4v) is 3.70. The van der Waals surface area contributed by atoms with E-state index in [4.69, 9.17) is 4.74 Å². The van der Waals surface area contributed by atoms with E-state index in [1.54, 1.807) is 0 Å². The van der Waals surface area contributed by atoms with Gasteiger partial charge in [0.25, 0.3) is 0 Å². The first-order valence-corrected chi connectivity index (χ1v) is 9.65. The molecule has 2 aromatic heterocycles. The van der Waals surface area contributed by atoms with Crippen molar-refractivity contribution in [2.75, 3.05) is 11.9 Å². The van der Waals surface area contributed by atoms with E-state index >= 15 is 0 Å². The summed E-state index contributed by atoms with van der Waals surface area (Å²) < 4.78 is 21.3. The Morgan fingerprint density at radius 2 is 2.14 bits per heavy atom. The van der Waals surface area contributed by atoms with E-state index in [-0.39, 0.29) is 11.8 Å². The topological polar surface area (TPSA) is 69.0 Å². The van der Waals surface area contributed by atoms with Crippen LogP contribution >= 0.6 is 0 Å². The van der Waals surface area contributed by atoms with Crippen LogP contribution in [0.3, 0.4) is 0 Å². The van der Waals surface area contributed by atoms with Gasteiger partial charge in [0.1, 0.15) is 11.5 Å². The quantitative estimate of drug-likeness (QED) is 0.663. The third-order valence-electron chi connectivity index (χ3n) is 5.42. The number of hydrogen-bond acceptors (Lipinski definition) is 4. The Kier molecular flexibility index (Phi) is 5.05. The molecule has 1 aliphatic carbocycles. The number of carbonyl (C=O) groups is 1. The van der Waals surface area contributed by atoms with Crippen molar-refractivity contribution >= 4 is 11.6 Å². The summed E-state index contributed by atoms with van der Waals surface area (Å²) in [6.07, 6.45) is 5.08. The number of hydrogen-bond donors (Lipinski definition) is 1. The fourth-order valence-electron chi connectivity index (χ4n) is 3.70. The number of nitrogens with zero attached hydrogens (tertiary/aromatic N) is 3. The lowest BCUT2D eigenvalue weighted by atomic mass is 9.93. The molecule has 3 aromatic rings. The van der Waals surface area contributed by atoms with Crippen LogP contribution in [0, 0.1) is 18.7 Å². The van der Waals surface area contributed by atoms with Gasteiger partial charge in [-0.15, -0.1) is 0 Å². The lowest BCUT2D eigenvalue weighted by Crippen LogP contribution is -2.26. The maximum atomic E-state index is 13.4. The first kappa shape index (κ1) is 19.1. The lowest BCUT2D eigenvalue weighted by molar-refractivity contribution is -0.117. The van der Waals surface area contributed by atoms with Gasteiger partial charge in [-0.3, -0.25) is 14.5 Å². The van der Waals surface area contributed by atoms with Crippen LogP contribution in [0.25, 0.3) is 0 Å². The van der Waals surface area contributed by atoms with Crippen LogP contribution < -0.4 is 10.1 Å². The molecule has 1 aliphatic rings. The van der Waals surface area contributed by atoms with E-state index in [1.807, 2.05) is 55.1 Å². The third-order valence-corrected chi connectivity index (χ3v) is 5.42. The number of rotatable bonds is 7. The number of benzene rings is 1. The number of halogens is 1. The van der Waals surface area contributed by atoms with Gasteiger partial charge in [0.2, 0.25) is 5.91 Å². The zero-order chi connectivity index (χ0) is 20.4. The van der Waals surface area contributed by atoms with Crippen molar-refractivity contribution in [2.24, 2.45) is 5.92 Å². The van der Waals surface area contributed by atoms with Crippen molar-refractivity contribution in [3.05, 3.63) is 72.1 Å². The van der Waals surface area contributed by atoms with E-state index < -0.39 is 11.2 Å². The van der Waals surface area contributed by atoms with Crippen molar-refractivity contribution in [3.63, 3.8) is 0 Å². The molecule has 6 nitrogen and oxygen atoms in total. The Bertz CT molecular complexity index is 1020. The highest BCUT2D eigenvalue weighted by atomic mass is 19.1. The molecule has 0 spiro atoms. The van der Waals surface area contributed by atoms with Crippen molar-refractivity contribution < 1.29 is 13.9 Å². The maximum Gasteiger partial charge on any atom is 0.228 e. The van der Waals surface area contributed by atoms with Gasteiger partial charge in [0, 0.05) is 18.0 Å². The number of pyridine rings is 1. The average Bonchev–Trinajstić information content (AvgIpc) is 3.36. The van der Waals surface area contributed by atoms with Crippen molar-refractivity contribution in [2.45, 2.75) is 32.2 Å². The predicted octanol–water partition coefficient (Wildman–Crippen LogP) is 3.72. The molecule has 0 aliphatic heterocycles. The van der Waals surface area contributed by atoms with Crippen molar-refractivity contribution in [3.8, 4) is 5.75 Å². The second-order valence-electron chi connectivity index (χ2n) is 7.38. The summed E-state index contributed by atoms with van der Waals surface area (Å²) in [5.41, 5.74) is 1.80. The lowest BCUT2D eigenvalue weighted by Gasteiger charge is -2.19. The number of ether oxygens (including phenoxy) is 1. The highest BCUT2D eigenvalue weighted by Gasteiger charge is 2.60. The molecule has 7 heteroatoms. The normalized spacial score (nSPS) is 20.3. The molecule has 1 amide bonds. The second-order valence-corrected chi connectivity index (χ2v) is 7.38. The minimum absolute atomic E-state index is 0.161. The van der Waals surface area contributed by atoms with Crippen LogP contribution in [-0.4, -0.2) is 27.3 Å². The van der Waals surface area contributed by atoms with Crippen molar-refractivity contribution in [1.29, 1.82) is 0 Å². The molecule has 29 heavy (non-hydrogen) atoms. The van der Waals surface area contributed by atoms with Gasteiger partial charge in [0.15, 0.2) is 5.75 Å². The van der Waals surface area contributed by atoms with Gasteiger partial charge in [-0.25, -0.2) is 4.39 Å². The van der Waals surface area contributed by atoms with Crippen LogP contribution in [0.1, 0.15) is 24.6 Å². The van der Waals surface area contributed by atoms with E-state index in [0.29, 0.717) is 18.7 Å². The van der Waals surface area contributed by atoms with E-state index in [2.05, 4.69) is 15.4 Å². The van der Waals surface area contributed by atoms with Gasteiger partial charge in [-0.2, -0.15) is 5.10 Å². The minimum Gasteiger partial charge on any atom is -0.489 e. The Morgan fingerprint density at radius 1 is 1.34 bits per heavy atom. The van der Waals surface area contributed by atoms with Gasteiger partial charge in [0.05, 0.1) is 36.8 Å². The molecule has 150 valence electrons. The van der Waals surface area contributed by atoms with Crippen molar-refractivity contribution in [1.82, 2.24) is 14.8 Å². The number of aromatic nitrogens is 3. The summed E-state index contributed by atoms with van der Waals surface area (Å²) in [5.74, 6) is -0.192. The Labute approximate surface area is 168 Å². The predicted molar refractivity (Wildman–Crippen MR) is 107 cm³/mol. The average molecular weight is 394 g/mol. The molecule has 0 bridgehead atoms. The van der Waals surface area contributed by atoms with Crippen LogP contribution in [-0.2, 0) is 16.8 Å². The largest absolute Gasteiger partial charge is 0.489 e. The Morgan fingerprint density at radius 3 is 2.83 bits per heavy atom. The smallest absolute Gasteiger partial charge is 0.228 e. The molecular weight excluding hydrogens is 371 g/mol. The number of nitrogens with one attached hydrogen (secondary N) is 1. The molecule has 1 N–H and O–H groups in total. The highest BCUT2D eigenvalue weighted by molar-refractivity contribution is 5.96. The Balaban J connectivity index is 1.53. The highest BCUT2D eigenvalue weighted by Crippen LogP contribution is 2.55. The summed E-state index contributed by atoms with van der Waals surface area (Å²) in [6.45, 7) is 5.06. The first-order valence-electron chi connectivity index (χ1n) is 9.65. The summed E-state index contributed by atoms with van der Waals surface area (Å²) in [7, 11) is 0. The monoisotopic (exact) mass is 394 g/mol. The number of carbonyl (C=O) groups excluding carboxylic acids is 1. The summed E-state index contributed by atoms with van der Waals surface area (Å²) >= 11 is 0. The molecule has 2 atom stereocenters. The van der Waals surface area contributed by atoms with Crippen LogP contribution in [0.2, 0.25) is 0 Å². The zero-order valence-corrected chi connectivity index (χ0v) is 16.4. The fraction of sp³-hybridized carbons (Fsp3) is 0.318. The SMILES string of the molecule is CCn1cc(OC[C@@]2(c3ccccc3)C[C@H]2C(=O)Nc2cncc(F)c2)c(C)n1. The molecule has 1 fully saturated rings. The second kappa shape index (κ2) is 7.66. The summed E-state index contributed by atoms with van der Waals surface area (Å²) in [5, 5.41) is 7.19. The number of aryl methyl sites for hydroxylation is 2. The Hall–Kier alpha value is -3.22. The summed E-state index contributed by atoms with van der Waals surface area (Å²) in [6, 6.07) is 11.2. The number of anilines is 1. The zero-order valence-electron chi connectivity index (χ0n) is 16.4. The number of amides is 1. The van der Waals surface area contributed by atoms with E-state index in [9.17, 15) is 9.18 Å². The first-order chi connectivity index (χ1) is 14.0.